The number of aromatic nitrogens is 2. The van der Waals surface area contributed by atoms with Gasteiger partial charge in [0.15, 0.2) is 5.82 Å². The molecule has 0 amide bonds. The monoisotopic (exact) mass is 295 g/mol. The molecule has 0 saturated heterocycles. The average Bonchev–Trinajstić information content (AvgIpc) is 2.85. The number of nitrogens with zero attached hydrogens (tertiary/aromatic N) is 2. The van der Waals surface area contributed by atoms with Gasteiger partial charge in [-0.15, -0.1) is 11.3 Å². The van der Waals surface area contributed by atoms with Crippen LogP contribution in [0.3, 0.4) is 0 Å². The van der Waals surface area contributed by atoms with Crippen molar-refractivity contribution < 1.29 is 9.90 Å². The van der Waals surface area contributed by atoms with Gasteiger partial charge in [-0.25, -0.2) is 9.97 Å². The summed E-state index contributed by atoms with van der Waals surface area (Å²) in [6.07, 6.45) is 2.45. The van der Waals surface area contributed by atoms with Crippen LogP contribution in [-0.2, 0) is 4.79 Å². The van der Waals surface area contributed by atoms with E-state index in [0.29, 0.717) is 11.5 Å². The van der Waals surface area contributed by atoms with Crippen molar-refractivity contribution in [2.75, 3.05) is 0 Å². The molecule has 0 radical (unpaired) electrons. The van der Waals surface area contributed by atoms with E-state index in [1.165, 1.54) is 6.08 Å². The second-order valence-electron chi connectivity index (χ2n) is 4.53. The molecule has 0 unspecified atom stereocenters. The lowest BCUT2D eigenvalue weighted by Gasteiger charge is -2.03. The summed E-state index contributed by atoms with van der Waals surface area (Å²) in [5.74, 6) is -0.655. The summed E-state index contributed by atoms with van der Waals surface area (Å²) in [5, 5.41) is 11.5. The number of thiophene rings is 1. The first-order chi connectivity index (χ1) is 10.1. The maximum Gasteiger partial charge on any atom is 0.161 e. The Morgan fingerprint density at radius 3 is 2.71 bits per heavy atom. The SMILES string of the molecule is Cc1cc2c(C=CC(=O)[O-])nc(-c3ccccc3)nc2s1. The van der Waals surface area contributed by atoms with Gasteiger partial charge in [0.1, 0.15) is 4.83 Å². The third kappa shape index (κ3) is 2.83. The Morgan fingerprint density at radius 1 is 1.24 bits per heavy atom. The summed E-state index contributed by atoms with van der Waals surface area (Å²) >= 11 is 1.56. The summed E-state index contributed by atoms with van der Waals surface area (Å²) in [6, 6.07) is 11.6. The fraction of sp³-hybridized carbons (Fsp3) is 0.0625. The second-order valence-corrected chi connectivity index (χ2v) is 5.76. The Hall–Kier alpha value is -2.53. The van der Waals surface area contributed by atoms with Gasteiger partial charge in [-0.2, -0.15) is 0 Å². The van der Waals surface area contributed by atoms with Gasteiger partial charge >= 0.3 is 0 Å². The van der Waals surface area contributed by atoms with Crippen molar-refractivity contribution in [3.63, 3.8) is 0 Å². The molecule has 2 heterocycles. The molecule has 0 bridgehead atoms. The van der Waals surface area contributed by atoms with Crippen LogP contribution in [0.25, 0.3) is 27.7 Å². The van der Waals surface area contributed by atoms with E-state index in [9.17, 15) is 9.90 Å². The number of benzene rings is 1. The predicted molar refractivity (Wildman–Crippen MR) is 81.6 cm³/mol. The number of carbonyl (C=O) groups excluding carboxylic acids is 1. The van der Waals surface area contributed by atoms with Gasteiger partial charge in [-0.1, -0.05) is 30.3 Å². The number of fused-ring (bicyclic) bond motifs is 1. The van der Waals surface area contributed by atoms with Gasteiger partial charge in [-0.3, -0.25) is 0 Å². The van der Waals surface area contributed by atoms with Gasteiger partial charge < -0.3 is 9.90 Å². The molecule has 0 atom stereocenters. The van der Waals surface area contributed by atoms with E-state index in [-0.39, 0.29) is 0 Å². The lowest BCUT2D eigenvalue weighted by atomic mass is 10.2. The van der Waals surface area contributed by atoms with Gasteiger partial charge in [-0.05, 0) is 25.1 Å². The number of aryl methyl sites for hydroxylation is 1. The zero-order valence-corrected chi connectivity index (χ0v) is 12.1. The summed E-state index contributed by atoms with van der Waals surface area (Å²) in [7, 11) is 0. The Morgan fingerprint density at radius 2 is 2.00 bits per heavy atom. The molecule has 4 nitrogen and oxygen atoms in total. The van der Waals surface area contributed by atoms with Crippen molar-refractivity contribution in [1.29, 1.82) is 0 Å². The van der Waals surface area contributed by atoms with Crippen LogP contribution in [0.2, 0.25) is 0 Å². The minimum absolute atomic E-state index is 0.586. The smallest absolute Gasteiger partial charge is 0.161 e. The lowest BCUT2D eigenvalue weighted by molar-refractivity contribution is -0.297. The molecule has 0 saturated carbocycles. The molecule has 0 aliphatic rings. The van der Waals surface area contributed by atoms with Crippen LogP contribution in [0.5, 0.6) is 0 Å². The molecule has 5 heteroatoms. The minimum Gasteiger partial charge on any atom is -0.545 e. The number of aliphatic carboxylic acids is 1. The molecular weight excluding hydrogens is 284 g/mol. The largest absolute Gasteiger partial charge is 0.545 e. The number of carboxylic acids is 1. The third-order valence-corrected chi connectivity index (χ3v) is 3.90. The summed E-state index contributed by atoms with van der Waals surface area (Å²) in [4.78, 5) is 21.6. The van der Waals surface area contributed by atoms with Crippen molar-refractivity contribution in [2.45, 2.75) is 6.92 Å². The van der Waals surface area contributed by atoms with Crippen LogP contribution >= 0.6 is 11.3 Å². The van der Waals surface area contributed by atoms with Crippen molar-refractivity contribution in [3.8, 4) is 11.4 Å². The van der Waals surface area contributed by atoms with Crippen molar-refractivity contribution in [2.24, 2.45) is 0 Å². The van der Waals surface area contributed by atoms with E-state index < -0.39 is 5.97 Å². The fourth-order valence-corrected chi connectivity index (χ4v) is 2.94. The van der Waals surface area contributed by atoms with Crippen LogP contribution in [0.1, 0.15) is 10.6 Å². The molecule has 2 aromatic heterocycles. The highest BCUT2D eigenvalue weighted by Crippen LogP contribution is 2.28. The Labute approximate surface area is 125 Å². The van der Waals surface area contributed by atoms with Crippen molar-refractivity contribution in [3.05, 3.63) is 53.0 Å². The lowest BCUT2D eigenvalue weighted by Crippen LogP contribution is -2.18. The molecule has 21 heavy (non-hydrogen) atoms. The van der Waals surface area contributed by atoms with E-state index in [1.54, 1.807) is 11.3 Å². The highest BCUT2D eigenvalue weighted by molar-refractivity contribution is 7.18. The second kappa shape index (κ2) is 5.46. The normalized spacial score (nSPS) is 11.3. The molecule has 3 rings (SSSR count). The van der Waals surface area contributed by atoms with E-state index in [1.807, 2.05) is 43.3 Å². The Bertz CT molecular complexity index is 838. The van der Waals surface area contributed by atoms with E-state index in [0.717, 1.165) is 26.7 Å². The fourth-order valence-electron chi connectivity index (χ4n) is 2.05. The number of hydrogen-bond donors (Lipinski definition) is 0. The zero-order valence-electron chi connectivity index (χ0n) is 11.2. The molecule has 1 aromatic carbocycles. The number of carboxylic acid groups (broad SMARTS) is 1. The van der Waals surface area contributed by atoms with E-state index >= 15 is 0 Å². The Balaban J connectivity index is 2.21. The minimum atomic E-state index is -1.24. The van der Waals surface area contributed by atoms with Gasteiger partial charge in [0.25, 0.3) is 0 Å². The van der Waals surface area contributed by atoms with Crippen LogP contribution in [0.4, 0.5) is 0 Å². The molecule has 0 aliphatic heterocycles. The standard InChI is InChI=1S/C16H12N2O2S/c1-10-9-12-13(7-8-14(19)20)17-15(18-16(12)21-10)11-5-3-2-4-6-11/h2-9H,1H3,(H,19,20)/p-1. The molecule has 3 aromatic rings. The van der Waals surface area contributed by atoms with E-state index in [4.69, 9.17) is 0 Å². The van der Waals surface area contributed by atoms with E-state index in [2.05, 4.69) is 9.97 Å². The summed E-state index contributed by atoms with van der Waals surface area (Å²) in [6.45, 7) is 1.99. The first kappa shape index (κ1) is 13.5. The number of carbonyl (C=O) groups is 1. The first-order valence-corrected chi connectivity index (χ1v) is 7.18. The zero-order chi connectivity index (χ0) is 14.8. The Kier molecular flexibility index (Phi) is 3.50. The summed E-state index contributed by atoms with van der Waals surface area (Å²) in [5.41, 5.74) is 1.49. The maximum atomic E-state index is 10.6. The quantitative estimate of drug-likeness (QED) is 0.696. The predicted octanol–water partition coefficient (Wildman–Crippen LogP) is 2.43. The topological polar surface area (TPSA) is 65.9 Å². The van der Waals surface area contributed by atoms with Crippen LogP contribution < -0.4 is 5.11 Å². The highest BCUT2D eigenvalue weighted by atomic mass is 32.1. The maximum absolute atomic E-state index is 10.6. The van der Waals surface area contributed by atoms with Crippen LogP contribution in [0, 0.1) is 6.92 Å². The number of rotatable bonds is 3. The third-order valence-electron chi connectivity index (χ3n) is 2.95. The highest BCUT2D eigenvalue weighted by Gasteiger charge is 2.10. The summed E-state index contributed by atoms with van der Waals surface area (Å²) < 4.78 is 0. The average molecular weight is 295 g/mol. The van der Waals surface area contributed by atoms with Gasteiger partial charge in [0.2, 0.25) is 0 Å². The number of hydrogen-bond acceptors (Lipinski definition) is 5. The van der Waals surface area contributed by atoms with Crippen molar-refractivity contribution in [1.82, 2.24) is 9.97 Å². The van der Waals surface area contributed by atoms with Gasteiger partial charge in [0.05, 0.1) is 11.7 Å². The van der Waals surface area contributed by atoms with Crippen molar-refractivity contribution >= 4 is 33.6 Å². The molecule has 0 spiro atoms. The van der Waals surface area contributed by atoms with Crippen LogP contribution in [0.15, 0.2) is 42.5 Å². The molecule has 104 valence electrons. The first-order valence-electron chi connectivity index (χ1n) is 6.36. The van der Waals surface area contributed by atoms with Crippen LogP contribution in [-0.4, -0.2) is 15.9 Å². The molecule has 0 fully saturated rings. The molecular formula is C16H11N2O2S-. The molecule has 0 N–H and O–H groups in total. The molecule has 0 aliphatic carbocycles. The van der Waals surface area contributed by atoms with Gasteiger partial charge in [0, 0.05) is 15.8 Å².